The lowest BCUT2D eigenvalue weighted by atomic mass is 10.2. The average Bonchev–Trinajstić information content (AvgIpc) is 3.35. The Morgan fingerprint density at radius 1 is 1.33 bits per heavy atom. The number of nitrogens with zero attached hydrogens (tertiary/aromatic N) is 6. The van der Waals surface area contributed by atoms with Crippen LogP contribution in [0.15, 0.2) is 39.7 Å². The predicted molar refractivity (Wildman–Crippen MR) is 93.3 cm³/mol. The summed E-state index contributed by atoms with van der Waals surface area (Å²) in [4.78, 5) is 24.8. The number of pyridine rings is 1. The number of nitrogens with two attached hydrogens (primary N) is 1. The molecule has 4 aromatic heterocycles. The molecule has 0 saturated carbocycles. The Bertz CT molecular complexity index is 1130. The molecule has 0 saturated heterocycles. The van der Waals surface area contributed by atoms with Gasteiger partial charge in [-0.25, -0.2) is 9.97 Å². The van der Waals surface area contributed by atoms with Crippen molar-refractivity contribution in [2.45, 2.75) is 6.92 Å². The van der Waals surface area contributed by atoms with Crippen LogP contribution in [0.5, 0.6) is 0 Å². The van der Waals surface area contributed by atoms with Crippen LogP contribution < -0.4 is 11.1 Å². The van der Waals surface area contributed by atoms with Gasteiger partial charge in [-0.15, -0.1) is 0 Å². The monoisotopic (exact) mass is 366 g/mol. The maximum Gasteiger partial charge on any atom is 0.277 e. The number of rotatable bonds is 4. The van der Waals surface area contributed by atoms with Crippen LogP contribution in [0.1, 0.15) is 16.4 Å². The number of carbonyl (C=O) groups excluding carboxylic acids is 1. The standard InChI is InChI=1S/C16H14N8O3/c1-8-19-14(23-27-8)13-10(6-24(2)22-13)20-15(25)11-7-26-16(21-11)9-3-4-18-12(17)5-9/h3-7H,1-2H3,(H2,17,18)(H,20,25). The topological polar surface area (TPSA) is 151 Å². The number of aryl methyl sites for hydroxylation is 2. The minimum Gasteiger partial charge on any atom is -0.444 e. The third-order valence-electron chi connectivity index (χ3n) is 3.58. The normalized spacial score (nSPS) is 10.9. The van der Waals surface area contributed by atoms with Crippen molar-refractivity contribution in [3.63, 3.8) is 0 Å². The summed E-state index contributed by atoms with van der Waals surface area (Å²) in [7, 11) is 1.72. The lowest BCUT2D eigenvalue weighted by molar-refractivity contribution is 0.102. The van der Waals surface area contributed by atoms with Crippen LogP contribution in [0.25, 0.3) is 23.0 Å². The second kappa shape index (κ2) is 6.37. The minimum absolute atomic E-state index is 0.0967. The molecule has 3 N–H and O–H groups in total. The average molecular weight is 366 g/mol. The smallest absolute Gasteiger partial charge is 0.277 e. The predicted octanol–water partition coefficient (Wildman–Crippen LogP) is 1.66. The molecule has 1 amide bonds. The Balaban J connectivity index is 1.59. The molecule has 4 aromatic rings. The minimum atomic E-state index is -0.471. The number of nitrogens with one attached hydrogen (secondary N) is 1. The molecule has 0 bridgehead atoms. The number of oxazole rings is 1. The summed E-state index contributed by atoms with van der Waals surface area (Å²) in [6, 6.07) is 3.28. The van der Waals surface area contributed by atoms with Gasteiger partial charge in [0.2, 0.25) is 17.6 Å². The van der Waals surface area contributed by atoms with Gasteiger partial charge in [0.25, 0.3) is 5.91 Å². The van der Waals surface area contributed by atoms with Crippen LogP contribution in [0.2, 0.25) is 0 Å². The third-order valence-corrected chi connectivity index (χ3v) is 3.58. The van der Waals surface area contributed by atoms with E-state index in [2.05, 4.69) is 30.5 Å². The van der Waals surface area contributed by atoms with Crippen molar-refractivity contribution in [3.05, 3.63) is 42.4 Å². The highest BCUT2D eigenvalue weighted by Crippen LogP contribution is 2.25. The van der Waals surface area contributed by atoms with E-state index in [0.717, 1.165) is 0 Å². The van der Waals surface area contributed by atoms with Crippen molar-refractivity contribution in [2.24, 2.45) is 7.05 Å². The quantitative estimate of drug-likeness (QED) is 0.549. The van der Waals surface area contributed by atoms with Crippen LogP contribution in [-0.4, -0.2) is 35.8 Å². The first kappa shape index (κ1) is 16.4. The maximum atomic E-state index is 12.6. The molecule has 0 aliphatic carbocycles. The summed E-state index contributed by atoms with van der Waals surface area (Å²) in [5, 5.41) is 10.8. The van der Waals surface area contributed by atoms with Gasteiger partial charge in [-0.05, 0) is 12.1 Å². The van der Waals surface area contributed by atoms with E-state index >= 15 is 0 Å². The van der Waals surface area contributed by atoms with E-state index in [9.17, 15) is 4.79 Å². The summed E-state index contributed by atoms with van der Waals surface area (Å²) in [6.07, 6.45) is 4.42. The van der Waals surface area contributed by atoms with Crippen molar-refractivity contribution in [2.75, 3.05) is 11.1 Å². The third kappa shape index (κ3) is 3.25. The van der Waals surface area contributed by atoms with E-state index in [1.807, 2.05) is 0 Å². The Morgan fingerprint density at radius 3 is 2.93 bits per heavy atom. The SMILES string of the molecule is Cc1nc(-c2nn(C)cc2NC(=O)c2coc(-c3ccnc(N)c3)n2)no1. The number of hydrogen-bond acceptors (Lipinski definition) is 9. The molecular weight excluding hydrogens is 352 g/mol. The van der Waals surface area contributed by atoms with Crippen LogP contribution in [0, 0.1) is 6.92 Å². The van der Waals surface area contributed by atoms with Crippen LogP contribution in [0.3, 0.4) is 0 Å². The molecule has 27 heavy (non-hydrogen) atoms. The zero-order valence-corrected chi connectivity index (χ0v) is 14.4. The van der Waals surface area contributed by atoms with Crippen molar-refractivity contribution in [3.8, 4) is 23.0 Å². The molecule has 0 spiro atoms. The number of hydrogen-bond donors (Lipinski definition) is 2. The first-order chi connectivity index (χ1) is 13.0. The highest BCUT2D eigenvalue weighted by Gasteiger charge is 2.20. The fraction of sp³-hybridized carbons (Fsp3) is 0.125. The molecule has 136 valence electrons. The van der Waals surface area contributed by atoms with Gasteiger partial charge in [-0.3, -0.25) is 9.48 Å². The number of carbonyl (C=O) groups is 1. The summed E-state index contributed by atoms with van der Waals surface area (Å²) >= 11 is 0. The van der Waals surface area contributed by atoms with Gasteiger partial charge in [0, 0.05) is 31.9 Å². The number of aromatic nitrogens is 6. The Kier molecular flexibility index (Phi) is 3.88. The van der Waals surface area contributed by atoms with Gasteiger partial charge < -0.3 is 20.0 Å². The van der Waals surface area contributed by atoms with Crippen molar-refractivity contribution >= 4 is 17.4 Å². The zero-order valence-electron chi connectivity index (χ0n) is 14.4. The van der Waals surface area contributed by atoms with E-state index in [1.54, 1.807) is 32.3 Å². The second-order valence-electron chi connectivity index (χ2n) is 5.66. The maximum absolute atomic E-state index is 12.6. The highest BCUT2D eigenvalue weighted by atomic mass is 16.5. The van der Waals surface area contributed by atoms with Gasteiger partial charge >= 0.3 is 0 Å². The van der Waals surface area contributed by atoms with Gasteiger partial charge in [0.05, 0.1) is 5.69 Å². The molecule has 0 aromatic carbocycles. The molecule has 0 aliphatic rings. The molecule has 11 heteroatoms. The Labute approximate surface area is 152 Å². The molecule has 4 rings (SSSR count). The second-order valence-corrected chi connectivity index (χ2v) is 5.66. The van der Waals surface area contributed by atoms with Crippen molar-refractivity contribution < 1.29 is 13.7 Å². The molecule has 0 unspecified atom stereocenters. The Hall–Kier alpha value is -4.02. The van der Waals surface area contributed by atoms with E-state index in [-0.39, 0.29) is 17.4 Å². The molecule has 0 atom stereocenters. The van der Waals surface area contributed by atoms with Crippen molar-refractivity contribution in [1.29, 1.82) is 0 Å². The first-order valence-corrected chi connectivity index (χ1v) is 7.82. The molecular formula is C16H14N8O3. The molecule has 11 nitrogen and oxygen atoms in total. The van der Waals surface area contributed by atoms with Crippen molar-refractivity contribution in [1.82, 2.24) is 29.9 Å². The first-order valence-electron chi connectivity index (χ1n) is 7.82. The van der Waals surface area contributed by atoms with E-state index in [4.69, 9.17) is 14.7 Å². The van der Waals surface area contributed by atoms with Gasteiger partial charge in [0.1, 0.15) is 12.1 Å². The van der Waals surface area contributed by atoms with E-state index in [0.29, 0.717) is 28.7 Å². The summed E-state index contributed by atoms with van der Waals surface area (Å²) < 4.78 is 11.9. The van der Waals surface area contributed by atoms with Crippen LogP contribution in [0.4, 0.5) is 11.5 Å². The number of amides is 1. The summed E-state index contributed by atoms with van der Waals surface area (Å²) in [6.45, 7) is 1.67. The molecule has 0 aliphatic heterocycles. The Morgan fingerprint density at radius 2 is 2.19 bits per heavy atom. The number of nitrogen functional groups attached to an aromatic ring is 1. The summed E-state index contributed by atoms with van der Waals surface area (Å²) in [5.74, 6) is 0.783. The van der Waals surface area contributed by atoms with Gasteiger partial charge in [0.15, 0.2) is 11.4 Å². The fourth-order valence-electron chi connectivity index (χ4n) is 2.42. The van der Waals surface area contributed by atoms with Crippen LogP contribution >= 0.6 is 0 Å². The lowest BCUT2D eigenvalue weighted by Crippen LogP contribution is -2.12. The van der Waals surface area contributed by atoms with E-state index < -0.39 is 5.91 Å². The fourth-order valence-corrected chi connectivity index (χ4v) is 2.42. The lowest BCUT2D eigenvalue weighted by Gasteiger charge is -2.00. The molecule has 4 heterocycles. The summed E-state index contributed by atoms with van der Waals surface area (Å²) in [5.41, 5.74) is 7.17. The molecule has 0 radical (unpaired) electrons. The van der Waals surface area contributed by atoms with Crippen LogP contribution in [-0.2, 0) is 7.05 Å². The molecule has 0 fully saturated rings. The highest BCUT2D eigenvalue weighted by molar-refractivity contribution is 6.04. The van der Waals surface area contributed by atoms with Gasteiger partial charge in [-0.1, -0.05) is 5.16 Å². The largest absolute Gasteiger partial charge is 0.444 e. The number of anilines is 2. The van der Waals surface area contributed by atoms with Gasteiger partial charge in [-0.2, -0.15) is 10.1 Å². The zero-order chi connectivity index (χ0) is 19.0. The van der Waals surface area contributed by atoms with E-state index in [1.165, 1.54) is 17.1 Å².